The van der Waals surface area contributed by atoms with E-state index in [4.69, 9.17) is 4.74 Å². The number of piperazine rings is 1. The van der Waals surface area contributed by atoms with Crippen LogP contribution in [0, 0.1) is 0 Å². The molecule has 1 amide bonds. The molecule has 1 aromatic rings. The molecule has 1 aliphatic rings. The van der Waals surface area contributed by atoms with Crippen LogP contribution >= 0.6 is 0 Å². The Bertz CT molecular complexity index is 597. The fourth-order valence-corrected chi connectivity index (χ4v) is 4.23. The minimum atomic E-state index is -0.443. The fourth-order valence-electron chi connectivity index (χ4n) is 4.23. The van der Waals surface area contributed by atoms with Crippen LogP contribution < -0.4 is 0 Å². The Balaban J connectivity index is 1.85. The van der Waals surface area contributed by atoms with Gasteiger partial charge in [0.15, 0.2) is 0 Å². The Labute approximate surface area is 185 Å². The first-order chi connectivity index (χ1) is 14.4. The van der Waals surface area contributed by atoms with Gasteiger partial charge < -0.3 is 9.64 Å². The SMILES string of the molecule is CCCCCCCCCC[C@H]1CN(Cc2ccccc2)CCN1C(=O)OC(C)(C)C. The third-order valence-electron chi connectivity index (χ3n) is 5.83. The lowest BCUT2D eigenvalue weighted by Crippen LogP contribution is -2.55. The molecule has 1 heterocycles. The van der Waals surface area contributed by atoms with E-state index in [1.54, 1.807) is 0 Å². The van der Waals surface area contributed by atoms with Crippen LogP contribution in [0.25, 0.3) is 0 Å². The maximum Gasteiger partial charge on any atom is 0.410 e. The van der Waals surface area contributed by atoms with E-state index in [-0.39, 0.29) is 12.1 Å². The standard InChI is InChI=1S/C26H44N2O2/c1-5-6-7-8-9-10-11-15-18-24-22-27(21-23-16-13-12-14-17-23)19-20-28(24)25(29)30-26(2,3)4/h12-14,16-17,24H,5-11,15,18-22H2,1-4H3/t24-/m0/s1. The lowest BCUT2D eigenvalue weighted by Gasteiger charge is -2.42. The van der Waals surface area contributed by atoms with Gasteiger partial charge in [0, 0.05) is 32.2 Å². The molecule has 1 aromatic carbocycles. The average molecular weight is 417 g/mol. The number of carbonyl (C=O) groups excluding carboxylic acids is 1. The molecule has 4 nitrogen and oxygen atoms in total. The molecule has 1 atom stereocenters. The number of hydrogen-bond donors (Lipinski definition) is 0. The van der Waals surface area contributed by atoms with Crippen molar-refractivity contribution in [3.63, 3.8) is 0 Å². The van der Waals surface area contributed by atoms with Gasteiger partial charge in [-0.15, -0.1) is 0 Å². The van der Waals surface area contributed by atoms with Crippen LogP contribution in [0.4, 0.5) is 4.79 Å². The van der Waals surface area contributed by atoms with Crippen LogP contribution in [-0.2, 0) is 11.3 Å². The minimum Gasteiger partial charge on any atom is -0.444 e. The molecule has 0 radical (unpaired) electrons. The highest BCUT2D eigenvalue weighted by Crippen LogP contribution is 2.21. The van der Waals surface area contributed by atoms with Crippen molar-refractivity contribution in [2.45, 2.75) is 104 Å². The van der Waals surface area contributed by atoms with Crippen molar-refractivity contribution in [2.24, 2.45) is 0 Å². The average Bonchev–Trinajstić information content (AvgIpc) is 2.69. The summed E-state index contributed by atoms with van der Waals surface area (Å²) in [5.41, 5.74) is 0.899. The van der Waals surface area contributed by atoms with Crippen LogP contribution in [-0.4, -0.2) is 47.2 Å². The van der Waals surface area contributed by atoms with Gasteiger partial charge in [-0.05, 0) is 32.8 Å². The molecular weight excluding hydrogens is 372 g/mol. The zero-order valence-electron chi connectivity index (χ0n) is 19.9. The summed E-state index contributed by atoms with van der Waals surface area (Å²) in [4.78, 5) is 17.3. The molecule has 1 saturated heterocycles. The molecule has 0 spiro atoms. The Morgan fingerprint density at radius 3 is 2.23 bits per heavy atom. The maximum absolute atomic E-state index is 12.8. The van der Waals surface area contributed by atoms with E-state index in [1.807, 2.05) is 25.7 Å². The normalized spacial score (nSPS) is 17.9. The predicted molar refractivity (Wildman–Crippen MR) is 126 cm³/mol. The van der Waals surface area contributed by atoms with E-state index in [2.05, 4.69) is 42.2 Å². The van der Waals surface area contributed by atoms with Gasteiger partial charge in [-0.2, -0.15) is 0 Å². The predicted octanol–water partition coefficient (Wildman–Crippen LogP) is 6.64. The highest BCUT2D eigenvalue weighted by molar-refractivity contribution is 5.68. The number of hydrogen-bond acceptors (Lipinski definition) is 3. The third kappa shape index (κ3) is 9.51. The van der Waals surface area contributed by atoms with E-state index in [0.29, 0.717) is 0 Å². The Kier molecular flexibility index (Phi) is 10.7. The van der Waals surface area contributed by atoms with E-state index in [0.717, 1.165) is 32.6 Å². The van der Waals surface area contributed by atoms with Crippen molar-refractivity contribution in [3.8, 4) is 0 Å². The zero-order chi connectivity index (χ0) is 21.8. The molecule has 30 heavy (non-hydrogen) atoms. The molecule has 0 unspecified atom stereocenters. The molecule has 170 valence electrons. The zero-order valence-corrected chi connectivity index (χ0v) is 19.9. The van der Waals surface area contributed by atoms with Crippen molar-refractivity contribution in [2.75, 3.05) is 19.6 Å². The van der Waals surface area contributed by atoms with E-state index in [1.165, 1.54) is 56.9 Å². The summed E-state index contributed by atoms with van der Waals surface area (Å²) in [5.74, 6) is 0. The van der Waals surface area contributed by atoms with E-state index in [9.17, 15) is 4.79 Å². The molecule has 1 aliphatic heterocycles. The Morgan fingerprint density at radius 1 is 0.967 bits per heavy atom. The number of nitrogens with zero attached hydrogens (tertiary/aromatic N) is 2. The van der Waals surface area contributed by atoms with Gasteiger partial charge in [-0.1, -0.05) is 88.6 Å². The van der Waals surface area contributed by atoms with Gasteiger partial charge in [0.05, 0.1) is 0 Å². The first-order valence-corrected chi connectivity index (χ1v) is 12.1. The molecule has 0 saturated carbocycles. The van der Waals surface area contributed by atoms with Crippen molar-refractivity contribution in [1.82, 2.24) is 9.80 Å². The Morgan fingerprint density at radius 2 is 1.60 bits per heavy atom. The van der Waals surface area contributed by atoms with E-state index < -0.39 is 5.60 Å². The lowest BCUT2D eigenvalue weighted by atomic mass is 10.0. The van der Waals surface area contributed by atoms with Gasteiger partial charge in [0.2, 0.25) is 0 Å². The molecule has 1 fully saturated rings. The van der Waals surface area contributed by atoms with Crippen molar-refractivity contribution >= 4 is 6.09 Å². The third-order valence-corrected chi connectivity index (χ3v) is 5.83. The number of benzene rings is 1. The highest BCUT2D eigenvalue weighted by Gasteiger charge is 2.32. The summed E-state index contributed by atoms with van der Waals surface area (Å²) in [5, 5.41) is 0. The molecule has 0 N–H and O–H groups in total. The summed E-state index contributed by atoms with van der Waals surface area (Å²) < 4.78 is 5.71. The molecule has 2 rings (SSSR count). The van der Waals surface area contributed by atoms with Crippen molar-refractivity contribution in [1.29, 1.82) is 0 Å². The number of ether oxygens (including phenoxy) is 1. The molecule has 0 aliphatic carbocycles. The topological polar surface area (TPSA) is 32.8 Å². The van der Waals surface area contributed by atoms with Gasteiger partial charge >= 0.3 is 6.09 Å². The fraction of sp³-hybridized carbons (Fsp3) is 0.731. The van der Waals surface area contributed by atoms with Crippen molar-refractivity contribution in [3.05, 3.63) is 35.9 Å². The van der Waals surface area contributed by atoms with Crippen LogP contribution in [0.3, 0.4) is 0 Å². The second kappa shape index (κ2) is 13.0. The van der Waals surface area contributed by atoms with Crippen LogP contribution in [0.5, 0.6) is 0 Å². The number of amides is 1. The first-order valence-electron chi connectivity index (χ1n) is 12.1. The summed E-state index contributed by atoms with van der Waals surface area (Å²) in [6.45, 7) is 11.7. The van der Waals surface area contributed by atoms with E-state index >= 15 is 0 Å². The van der Waals surface area contributed by atoms with Crippen LogP contribution in [0.2, 0.25) is 0 Å². The number of unbranched alkanes of at least 4 members (excludes halogenated alkanes) is 7. The lowest BCUT2D eigenvalue weighted by molar-refractivity contribution is -0.00416. The summed E-state index contributed by atoms with van der Waals surface area (Å²) in [6.07, 6.45) is 11.5. The molecule has 0 aromatic heterocycles. The monoisotopic (exact) mass is 416 g/mol. The molecular formula is C26H44N2O2. The van der Waals surface area contributed by atoms with Gasteiger partial charge in [-0.25, -0.2) is 4.79 Å². The first kappa shape index (κ1) is 24.7. The second-order valence-corrected chi connectivity index (χ2v) is 9.81. The summed E-state index contributed by atoms with van der Waals surface area (Å²) in [7, 11) is 0. The van der Waals surface area contributed by atoms with Gasteiger partial charge in [0.25, 0.3) is 0 Å². The van der Waals surface area contributed by atoms with Gasteiger partial charge in [-0.3, -0.25) is 4.90 Å². The van der Waals surface area contributed by atoms with Crippen LogP contribution in [0.1, 0.15) is 91.0 Å². The summed E-state index contributed by atoms with van der Waals surface area (Å²) >= 11 is 0. The van der Waals surface area contributed by atoms with Crippen molar-refractivity contribution < 1.29 is 9.53 Å². The van der Waals surface area contributed by atoms with Gasteiger partial charge in [0.1, 0.15) is 5.60 Å². The molecule has 4 heteroatoms. The molecule has 0 bridgehead atoms. The smallest absolute Gasteiger partial charge is 0.410 e. The highest BCUT2D eigenvalue weighted by atomic mass is 16.6. The number of rotatable bonds is 11. The quantitative estimate of drug-likeness (QED) is 0.379. The largest absolute Gasteiger partial charge is 0.444 e. The summed E-state index contributed by atoms with van der Waals surface area (Å²) in [6, 6.07) is 10.9. The maximum atomic E-state index is 12.8. The minimum absolute atomic E-state index is 0.147. The second-order valence-electron chi connectivity index (χ2n) is 9.81. The number of carbonyl (C=O) groups is 1. The Hall–Kier alpha value is -1.55. The van der Waals surface area contributed by atoms with Crippen LogP contribution in [0.15, 0.2) is 30.3 Å².